The standard InChI is InChI=1S/C15H23NOS/c1-13-2-4-15(5-3-13)18-11-10-16-8-6-14(12-17)7-9-16/h2-5,14,17H,6-12H2,1H3. The van der Waals surface area contributed by atoms with Crippen molar-refractivity contribution in [2.75, 3.05) is 32.0 Å². The molecule has 1 N–H and O–H groups in total. The van der Waals surface area contributed by atoms with E-state index in [0.29, 0.717) is 12.5 Å². The zero-order chi connectivity index (χ0) is 12.8. The van der Waals surface area contributed by atoms with Crippen molar-refractivity contribution in [2.45, 2.75) is 24.7 Å². The minimum absolute atomic E-state index is 0.367. The molecule has 0 amide bonds. The van der Waals surface area contributed by atoms with E-state index in [2.05, 4.69) is 36.1 Å². The summed E-state index contributed by atoms with van der Waals surface area (Å²) in [4.78, 5) is 3.89. The van der Waals surface area contributed by atoms with Gasteiger partial charge in [-0.3, -0.25) is 0 Å². The van der Waals surface area contributed by atoms with Gasteiger partial charge in [0.05, 0.1) is 0 Å². The topological polar surface area (TPSA) is 23.5 Å². The lowest BCUT2D eigenvalue weighted by molar-refractivity contribution is 0.136. The van der Waals surface area contributed by atoms with Gasteiger partial charge in [0, 0.05) is 23.8 Å². The number of benzene rings is 1. The molecule has 1 saturated heterocycles. The Morgan fingerprint density at radius 1 is 1.22 bits per heavy atom. The van der Waals surface area contributed by atoms with Crippen LogP contribution in [-0.2, 0) is 0 Å². The van der Waals surface area contributed by atoms with Crippen LogP contribution in [0.1, 0.15) is 18.4 Å². The van der Waals surface area contributed by atoms with Crippen LogP contribution in [0.4, 0.5) is 0 Å². The number of aliphatic hydroxyl groups is 1. The third-order valence-corrected chi connectivity index (χ3v) is 4.65. The lowest BCUT2D eigenvalue weighted by Gasteiger charge is -2.30. The summed E-state index contributed by atoms with van der Waals surface area (Å²) in [6.45, 7) is 5.96. The maximum absolute atomic E-state index is 9.10. The summed E-state index contributed by atoms with van der Waals surface area (Å²) in [5.41, 5.74) is 1.32. The van der Waals surface area contributed by atoms with Gasteiger partial charge in [-0.05, 0) is 50.9 Å². The number of aryl methyl sites for hydroxylation is 1. The van der Waals surface area contributed by atoms with Crippen molar-refractivity contribution < 1.29 is 5.11 Å². The molecule has 1 aromatic carbocycles. The maximum Gasteiger partial charge on any atom is 0.0460 e. The molecule has 0 bridgehead atoms. The van der Waals surface area contributed by atoms with Crippen LogP contribution < -0.4 is 0 Å². The lowest BCUT2D eigenvalue weighted by atomic mass is 9.98. The summed E-state index contributed by atoms with van der Waals surface area (Å²) < 4.78 is 0. The average molecular weight is 265 g/mol. The van der Waals surface area contributed by atoms with E-state index in [0.717, 1.165) is 38.2 Å². The van der Waals surface area contributed by atoms with E-state index in [9.17, 15) is 0 Å². The van der Waals surface area contributed by atoms with Gasteiger partial charge in [-0.1, -0.05) is 17.7 Å². The van der Waals surface area contributed by atoms with E-state index in [1.807, 2.05) is 11.8 Å². The largest absolute Gasteiger partial charge is 0.396 e. The van der Waals surface area contributed by atoms with E-state index < -0.39 is 0 Å². The van der Waals surface area contributed by atoms with E-state index >= 15 is 0 Å². The molecule has 2 rings (SSSR count). The Bertz CT molecular complexity index is 344. The number of likely N-dealkylation sites (tertiary alicyclic amines) is 1. The number of rotatable bonds is 5. The normalized spacial score (nSPS) is 18.1. The molecule has 0 atom stereocenters. The fraction of sp³-hybridized carbons (Fsp3) is 0.600. The smallest absolute Gasteiger partial charge is 0.0460 e. The molecule has 0 spiro atoms. The fourth-order valence-corrected chi connectivity index (χ4v) is 3.23. The highest BCUT2D eigenvalue weighted by Crippen LogP contribution is 2.20. The van der Waals surface area contributed by atoms with Crippen LogP contribution in [0.2, 0.25) is 0 Å². The third-order valence-electron chi connectivity index (χ3n) is 3.66. The van der Waals surface area contributed by atoms with Gasteiger partial charge in [-0.25, -0.2) is 0 Å². The van der Waals surface area contributed by atoms with Gasteiger partial charge in [0.2, 0.25) is 0 Å². The third kappa shape index (κ3) is 4.30. The van der Waals surface area contributed by atoms with Crippen LogP contribution in [0.15, 0.2) is 29.2 Å². The second kappa shape index (κ2) is 7.17. The zero-order valence-corrected chi connectivity index (χ0v) is 12.0. The Morgan fingerprint density at radius 3 is 2.50 bits per heavy atom. The number of nitrogens with zero attached hydrogens (tertiary/aromatic N) is 1. The molecule has 1 aromatic rings. The number of hydrogen-bond acceptors (Lipinski definition) is 3. The molecule has 18 heavy (non-hydrogen) atoms. The SMILES string of the molecule is Cc1ccc(SCCN2CCC(CO)CC2)cc1. The van der Waals surface area contributed by atoms with Crippen molar-refractivity contribution >= 4 is 11.8 Å². The van der Waals surface area contributed by atoms with Crippen LogP contribution >= 0.6 is 11.8 Å². The van der Waals surface area contributed by atoms with Gasteiger partial charge in [-0.15, -0.1) is 11.8 Å². The van der Waals surface area contributed by atoms with Crippen LogP contribution in [-0.4, -0.2) is 42.0 Å². The quantitative estimate of drug-likeness (QED) is 0.828. The highest BCUT2D eigenvalue weighted by molar-refractivity contribution is 7.99. The minimum atomic E-state index is 0.367. The fourth-order valence-electron chi connectivity index (χ4n) is 2.32. The van der Waals surface area contributed by atoms with Gasteiger partial charge in [0.15, 0.2) is 0 Å². The van der Waals surface area contributed by atoms with E-state index in [1.165, 1.54) is 10.5 Å². The number of piperidine rings is 1. The van der Waals surface area contributed by atoms with Crippen molar-refractivity contribution in [3.05, 3.63) is 29.8 Å². The van der Waals surface area contributed by atoms with Crippen LogP contribution in [0.25, 0.3) is 0 Å². The first-order valence-electron chi connectivity index (χ1n) is 6.80. The molecular formula is C15H23NOS. The summed E-state index contributed by atoms with van der Waals surface area (Å²) in [5, 5.41) is 9.10. The predicted molar refractivity (Wildman–Crippen MR) is 78.2 cm³/mol. The second-order valence-electron chi connectivity index (χ2n) is 5.13. The molecule has 0 unspecified atom stereocenters. The van der Waals surface area contributed by atoms with Gasteiger partial charge >= 0.3 is 0 Å². The first-order chi connectivity index (χ1) is 8.78. The molecule has 1 aliphatic rings. The van der Waals surface area contributed by atoms with E-state index in [1.54, 1.807) is 0 Å². The first kappa shape index (κ1) is 13.9. The highest BCUT2D eigenvalue weighted by Gasteiger charge is 2.17. The summed E-state index contributed by atoms with van der Waals surface area (Å²) in [6.07, 6.45) is 2.32. The molecule has 2 nitrogen and oxygen atoms in total. The molecule has 1 heterocycles. The van der Waals surface area contributed by atoms with Crippen LogP contribution in [0.5, 0.6) is 0 Å². The number of hydrogen-bond donors (Lipinski definition) is 1. The molecule has 0 aliphatic carbocycles. The van der Waals surface area contributed by atoms with Crippen molar-refractivity contribution in [1.29, 1.82) is 0 Å². The Labute approximate surface area is 114 Å². The van der Waals surface area contributed by atoms with Gasteiger partial charge in [0.25, 0.3) is 0 Å². The maximum atomic E-state index is 9.10. The summed E-state index contributed by atoms with van der Waals surface area (Å²) in [6, 6.07) is 8.76. The molecule has 1 fully saturated rings. The number of aliphatic hydroxyl groups excluding tert-OH is 1. The molecule has 1 aliphatic heterocycles. The Balaban J connectivity index is 1.65. The summed E-state index contributed by atoms with van der Waals surface area (Å²) in [7, 11) is 0. The molecule has 100 valence electrons. The average Bonchev–Trinajstić information content (AvgIpc) is 2.42. The lowest BCUT2D eigenvalue weighted by Crippen LogP contribution is -2.36. The molecule has 0 aromatic heterocycles. The highest BCUT2D eigenvalue weighted by atomic mass is 32.2. The van der Waals surface area contributed by atoms with Crippen molar-refractivity contribution in [3.63, 3.8) is 0 Å². The minimum Gasteiger partial charge on any atom is -0.396 e. The molecule has 0 saturated carbocycles. The van der Waals surface area contributed by atoms with Gasteiger partial charge < -0.3 is 10.0 Å². The van der Waals surface area contributed by atoms with Gasteiger partial charge in [0.1, 0.15) is 0 Å². The van der Waals surface area contributed by atoms with E-state index in [-0.39, 0.29) is 0 Å². The van der Waals surface area contributed by atoms with Crippen molar-refractivity contribution in [3.8, 4) is 0 Å². The van der Waals surface area contributed by atoms with Crippen LogP contribution in [0.3, 0.4) is 0 Å². The molecular weight excluding hydrogens is 242 g/mol. The first-order valence-corrected chi connectivity index (χ1v) is 7.79. The number of thioether (sulfide) groups is 1. The van der Waals surface area contributed by atoms with Crippen molar-refractivity contribution in [1.82, 2.24) is 4.90 Å². The molecule has 3 heteroatoms. The Hall–Kier alpha value is -0.510. The zero-order valence-electron chi connectivity index (χ0n) is 11.1. The predicted octanol–water partition coefficient (Wildman–Crippen LogP) is 2.79. The monoisotopic (exact) mass is 265 g/mol. The molecule has 0 radical (unpaired) electrons. The Morgan fingerprint density at radius 2 is 1.89 bits per heavy atom. The summed E-state index contributed by atoms with van der Waals surface area (Å²) >= 11 is 1.94. The Kier molecular flexibility index (Phi) is 5.54. The van der Waals surface area contributed by atoms with Crippen LogP contribution in [0, 0.1) is 12.8 Å². The second-order valence-corrected chi connectivity index (χ2v) is 6.30. The van der Waals surface area contributed by atoms with E-state index in [4.69, 9.17) is 5.11 Å². The van der Waals surface area contributed by atoms with Crippen molar-refractivity contribution in [2.24, 2.45) is 5.92 Å². The summed E-state index contributed by atoms with van der Waals surface area (Å²) in [5.74, 6) is 1.71. The van der Waals surface area contributed by atoms with Gasteiger partial charge in [-0.2, -0.15) is 0 Å².